The molecule has 0 radical (unpaired) electrons. The van der Waals surface area contributed by atoms with Crippen LogP contribution < -0.4 is 5.32 Å². The van der Waals surface area contributed by atoms with Crippen molar-refractivity contribution in [2.75, 3.05) is 18.2 Å². The summed E-state index contributed by atoms with van der Waals surface area (Å²) < 4.78 is 26.0. The second-order valence-electron chi connectivity index (χ2n) is 6.69. The van der Waals surface area contributed by atoms with Crippen LogP contribution in [0.4, 0.5) is 5.13 Å². The van der Waals surface area contributed by atoms with Crippen molar-refractivity contribution in [3.63, 3.8) is 0 Å². The molecular formula is C20H18N4O4S2. The first-order valence-electron chi connectivity index (χ1n) is 8.91. The molecule has 2 aromatic carbocycles. The second-order valence-corrected chi connectivity index (χ2v) is 9.74. The third-order valence-corrected chi connectivity index (χ3v) is 6.47. The van der Waals surface area contributed by atoms with E-state index in [9.17, 15) is 13.2 Å². The minimum atomic E-state index is -3.30. The number of benzene rings is 2. The van der Waals surface area contributed by atoms with E-state index in [0.717, 1.165) is 22.7 Å². The summed E-state index contributed by atoms with van der Waals surface area (Å²) in [5.41, 5.74) is 2.57. The highest BCUT2D eigenvalue weighted by Crippen LogP contribution is 2.28. The van der Waals surface area contributed by atoms with Gasteiger partial charge in [-0.3, -0.25) is 10.1 Å². The lowest BCUT2D eigenvalue weighted by atomic mass is 10.2. The van der Waals surface area contributed by atoms with Gasteiger partial charge in [0.2, 0.25) is 0 Å². The average Bonchev–Trinajstić information content (AvgIpc) is 3.24. The Morgan fingerprint density at radius 2 is 2.10 bits per heavy atom. The van der Waals surface area contributed by atoms with Gasteiger partial charge in [-0.05, 0) is 24.3 Å². The SMILES string of the molecule is Cn1cc(/C=N/OCC(=O)Nc2nc3ccc(S(C)(=O)=O)cc3s2)c2ccccc21. The number of aryl methyl sites for hydroxylation is 1. The number of nitrogens with zero attached hydrogens (tertiary/aromatic N) is 3. The number of nitrogens with one attached hydrogen (secondary N) is 1. The summed E-state index contributed by atoms with van der Waals surface area (Å²) in [7, 11) is -1.35. The molecule has 0 aliphatic carbocycles. The van der Waals surface area contributed by atoms with Gasteiger partial charge in [0.1, 0.15) is 0 Å². The number of carbonyl (C=O) groups excluding carboxylic acids is 1. The van der Waals surface area contributed by atoms with Crippen molar-refractivity contribution in [1.29, 1.82) is 0 Å². The molecule has 0 saturated carbocycles. The molecule has 0 aliphatic heterocycles. The number of hydrogen-bond acceptors (Lipinski definition) is 7. The predicted molar refractivity (Wildman–Crippen MR) is 118 cm³/mol. The van der Waals surface area contributed by atoms with Gasteiger partial charge in [-0.25, -0.2) is 13.4 Å². The van der Waals surface area contributed by atoms with Crippen molar-refractivity contribution in [3.8, 4) is 0 Å². The quantitative estimate of drug-likeness (QED) is 0.365. The highest BCUT2D eigenvalue weighted by Gasteiger charge is 2.12. The molecule has 0 bridgehead atoms. The number of sulfone groups is 1. The highest BCUT2D eigenvalue weighted by atomic mass is 32.2. The Balaban J connectivity index is 1.38. The molecule has 2 aromatic heterocycles. The summed E-state index contributed by atoms with van der Waals surface area (Å²) in [6.07, 6.45) is 4.65. The van der Waals surface area contributed by atoms with Gasteiger partial charge in [0.25, 0.3) is 5.91 Å². The number of oxime groups is 1. The standard InChI is InChI=1S/C20H18N4O4S2/c1-24-11-13(15-5-3-4-6-17(15)24)10-21-28-12-19(25)23-20-22-16-8-7-14(30(2,26)27)9-18(16)29-20/h3-11H,12H2,1-2H3,(H,22,23,25)/b21-10+. The number of rotatable bonds is 6. The first-order chi connectivity index (χ1) is 14.3. The number of hydrogen-bond donors (Lipinski definition) is 1. The fourth-order valence-electron chi connectivity index (χ4n) is 3.01. The Hall–Kier alpha value is -3.24. The largest absolute Gasteiger partial charge is 0.386 e. The second kappa shape index (κ2) is 7.88. The Bertz CT molecular complexity index is 1390. The Morgan fingerprint density at radius 3 is 2.90 bits per heavy atom. The average molecular weight is 443 g/mol. The van der Waals surface area contributed by atoms with Gasteiger partial charge in [0.05, 0.1) is 21.3 Å². The number of para-hydroxylation sites is 1. The highest BCUT2D eigenvalue weighted by molar-refractivity contribution is 7.90. The van der Waals surface area contributed by atoms with Crippen molar-refractivity contribution >= 4 is 59.5 Å². The van der Waals surface area contributed by atoms with Crippen LogP contribution in [0, 0.1) is 0 Å². The number of amides is 1. The van der Waals surface area contributed by atoms with E-state index in [1.807, 2.05) is 42.1 Å². The van der Waals surface area contributed by atoms with Gasteiger partial charge >= 0.3 is 0 Å². The van der Waals surface area contributed by atoms with Crippen molar-refractivity contribution in [2.24, 2.45) is 12.2 Å². The van der Waals surface area contributed by atoms with Crippen LogP contribution in [-0.4, -0.2) is 43.0 Å². The minimum Gasteiger partial charge on any atom is -0.386 e. The molecule has 0 atom stereocenters. The molecule has 4 aromatic rings. The van der Waals surface area contributed by atoms with Crippen LogP contribution in [0.15, 0.2) is 58.7 Å². The van der Waals surface area contributed by atoms with E-state index >= 15 is 0 Å². The van der Waals surface area contributed by atoms with Gasteiger partial charge in [-0.2, -0.15) is 0 Å². The van der Waals surface area contributed by atoms with Gasteiger partial charge in [0, 0.05) is 36.0 Å². The normalized spacial score (nSPS) is 12.1. The third-order valence-electron chi connectivity index (χ3n) is 4.42. The van der Waals surface area contributed by atoms with Gasteiger partial charge in [0.15, 0.2) is 21.6 Å². The van der Waals surface area contributed by atoms with E-state index in [-0.39, 0.29) is 11.5 Å². The van der Waals surface area contributed by atoms with Crippen LogP contribution in [0.1, 0.15) is 5.56 Å². The van der Waals surface area contributed by atoms with E-state index in [1.165, 1.54) is 17.4 Å². The summed E-state index contributed by atoms with van der Waals surface area (Å²) in [5.74, 6) is -0.410. The molecule has 1 amide bonds. The predicted octanol–water partition coefficient (Wildman–Crippen LogP) is 3.18. The molecule has 8 nitrogen and oxygen atoms in total. The van der Waals surface area contributed by atoms with Crippen molar-refractivity contribution in [1.82, 2.24) is 9.55 Å². The van der Waals surface area contributed by atoms with E-state index < -0.39 is 15.7 Å². The number of fused-ring (bicyclic) bond motifs is 2. The molecule has 30 heavy (non-hydrogen) atoms. The molecule has 0 spiro atoms. The first kappa shape index (κ1) is 20.0. The summed E-state index contributed by atoms with van der Waals surface area (Å²) in [5, 5.41) is 7.93. The van der Waals surface area contributed by atoms with Gasteiger partial charge in [-0.1, -0.05) is 34.7 Å². The smallest absolute Gasteiger partial charge is 0.266 e. The van der Waals surface area contributed by atoms with Crippen molar-refractivity contribution in [3.05, 3.63) is 54.2 Å². The molecule has 2 heterocycles. The van der Waals surface area contributed by atoms with E-state index in [1.54, 1.807) is 18.3 Å². The van der Waals surface area contributed by atoms with Crippen LogP contribution in [0.5, 0.6) is 0 Å². The molecular weight excluding hydrogens is 424 g/mol. The maximum atomic E-state index is 12.1. The number of aromatic nitrogens is 2. The lowest BCUT2D eigenvalue weighted by molar-refractivity contribution is -0.120. The molecule has 10 heteroatoms. The molecule has 0 aliphatic rings. The number of thiazole rings is 1. The molecule has 4 rings (SSSR count). The fourth-order valence-corrected chi connectivity index (χ4v) is 4.65. The number of carbonyl (C=O) groups is 1. The van der Waals surface area contributed by atoms with Crippen molar-refractivity contribution in [2.45, 2.75) is 4.90 Å². The molecule has 0 fully saturated rings. The van der Waals surface area contributed by atoms with E-state index in [4.69, 9.17) is 4.84 Å². The van der Waals surface area contributed by atoms with Crippen LogP contribution in [0.3, 0.4) is 0 Å². The zero-order chi connectivity index (χ0) is 21.3. The molecule has 0 saturated heterocycles. The Morgan fingerprint density at radius 1 is 1.30 bits per heavy atom. The zero-order valence-corrected chi connectivity index (χ0v) is 17.8. The number of anilines is 1. The maximum absolute atomic E-state index is 12.1. The lowest BCUT2D eigenvalue weighted by Gasteiger charge is -1.99. The lowest BCUT2D eigenvalue weighted by Crippen LogP contribution is -2.16. The monoisotopic (exact) mass is 442 g/mol. The molecule has 0 unspecified atom stereocenters. The van der Waals surface area contributed by atoms with Crippen LogP contribution in [0.25, 0.3) is 21.1 Å². The van der Waals surface area contributed by atoms with Crippen LogP contribution in [-0.2, 0) is 26.5 Å². The maximum Gasteiger partial charge on any atom is 0.266 e. The topological polar surface area (TPSA) is 103 Å². The van der Waals surface area contributed by atoms with Gasteiger partial charge < -0.3 is 9.40 Å². The summed E-state index contributed by atoms with van der Waals surface area (Å²) in [4.78, 5) is 21.7. The fraction of sp³-hybridized carbons (Fsp3) is 0.150. The first-order valence-corrected chi connectivity index (χ1v) is 11.6. The Labute approximate surface area is 176 Å². The van der Waals surface area contributed by atoms with Gasteiger partial charge in [-0.15, -0.1) is 0 Å². The van der Waals surface area contributed by atoms with Crippen molar-refractivity contribution < 1.29 is 18.0 Å². The molecule has 154 valence electrons. The Kier molecular flexibility index (Phi) is 5.27. The van der Waals surface area contributed by atoms with E-state index in [2.05, 4.69) is 15.5 Å². The summed E-state index contributed by atoms with van der Waals surface area (Å²) in [6, 6.07) is 12.6. The minimum absolute atomic E-state index is 0.211. The van der Waals surface area contributed by atoms with Crippen LogP contribution >= 0.6 is 11.3 Å². The van der Waals surface area contributed by atoms with Crippen LogP contribution in [0.2, 0.25) is 0 Å². The molecule has 1 N–H and O–H groups in total. The zero-order valence-electron chi connectivity index (χ0n) is 16.2. The summed E-state index contributed by atoms with van der Waals surface area (Å²) in [6.45, 7) is -0.272. The van der Waals surface area contributed by atoms with E-state index in [0.29, 0.717) is 15.3 Å². The summed E-state index contributed by atoms with van der Waals surface area (Å²) >= 11 is 1.19. The third kappa shape index (κ3) is 4.19.